The van der Waals surface area contributed by atoms with E-state index in [0.29, 0.717) is 17.9 Å². The molecule has 0 aliphatic carbocycles. The van der Waals surface area contributed by atoms with Gasteiger partial charge in [0.1, 0.15) is 12.1 Å². The molecule has 2 aromatic carbocycles. The van der Waals surface area contributed by atoms with Crippen LogP contribution in [0.3, 0.4) is 0 Å². The van der Waals surface area contributed by atoms with Gasteiger partial charge in [0.05, 0.1) is 17.7 Å². The molecule has 0 aromatic heterocycles. The lowest BCUT2D eigenvalue weighted by molar-refractivity contribution is -0.173. The van der Waals surface area contributed by atoms with Gasteiger partial charge in [-0.25, -0.2) is 5.06 Å². The number of benzene rings is 2. The maximum atomic E-state index is 13.0. The maximum Gasteiger partial charge on any atom is 0.268 e. The molecule has 44 heavy (non-hydrogen) atoms. The molecule has 11 N–H and O–H groups in total. The van der Waals surface area contributed by atoms with Crippen LogP contribution in [-0.4, -0.2) is 97.9 Å². The fourth-order valence-corrected chi connectivity index (χ4v) is 4.18. The highest BCUT2D eigenvalue weighted by Crippen LogP contribution is 2.29. The van der Waals surface area contributed by atoms with E-state index in [0.717, 1.165) is 6.07 Å². The molecule has 17 nitrogen and oxygen atoms in total. The minimum atomic E-state index is -1.27. The first kappa shape index (κ1) is 32.9. The van der Waals surface area contributed by atoms with Crippen molar-refractivity contribution >= 4 is 35.5 Å². The fraction of sp³-hybridized carbons (Fsp3) is 0.333. The molecule has 1 aliphatic rings. The Labute approximate surface area is 250 Å². The zero-order chi connectivity index (χ0) is 32.4. The minimum absolute atomic E-state index is 0.0445. The molecule has 1 aliphatic heterocycles. The van der Waals surface area contributed by atoms with Crippen LogP contribution in [0.15, 0.2) is 41.4 Å². The van der Waals surface area contributed by atoms with Gasteiger partial charge < -0.3 is 42.1 Å². The summed E-state index contributed by atoms with van der Waals surface area (Å²) >= 11 is 0. The van der Waals surface area contributed by atoms with Crippen LogP contribution in [0, 0.1) is 0 Å². The zero-order valence-corrected chi connectivity index (χ0v) is 23.3. The first-order valence-corrected chi connectivity index (χ1v) is 13.4. The molecule has 2 aromatic rings. The highest BCUT2D eigenvalue weighted by Gasteiger charge is 2.30. The van der Waals surface area contributed by atoms with Gasteiger partial charge >= 0.3 is 0 Å². The Hall–Kier alpha value is -5.58. The van der Waals surface area contributed by atoms with E-state index in [1.165, 1.54) is 30.3 Å². The van der Waals surface area contributed by atoms with E-state index in [4.69, 9.17) is 5.73 Å². The second-order valence-electron chi connectivity index (χ2n) is 9.68. The largest absolute Gasteiger partial charge is 0.504 e. The number of aliphatic imine (C=N–C) groups is 1. The van der Waals surface area contributed by atoms with Crippen molar-refractivity contribution in [1.29, 1.82) is 0 Å². The van der Waals surface area contributed by atoms with Crippen LogP contribution in [0.2, 0.25) is 0 Å². The van der Waals surface area contributed by atoms with E-state index in [2.05, 4.69) is 26.3 Å². The van der Waals surface area contributed by atoms with Gasteiger partial charge in [0.25, 0.3) is 17.7 Å². The molecule has 0 saturated carbocycles. The number of nitrogens with one attached hydrogen (secondary N) is 4. The van der Waals surface area contributed by atoms with Crippen molar-refractivity contribution in [2.45, 2.75) is 37.8 Å². The molecule has 2 atom stereocenters. The number of carbonyl (C=O) groups is 5. The average molecular weight is 616 g/mol. The van der Waals surface area contributed by atoms with E-state index >= 15 is 0 Å². The smallest absolute Gasteiger partial charge is 0.268 e. The third kappa shape index (κ3) is 8.71. The predicted molar refractivity (Wildman–Crippen MR) is 152 cm³/mol. The average Bonchev–Trinajstić information content (AvgIpc) is 2.98. The Morgan fingerprint density at radius 3 is 2.23 bits per heavy atom. The first-order chi connectivity index (χ1) is 20.9. The number of para-hydroxylation sites is 2. The number of hydrogen-bond donors (Lipinski definition) is 10. The first-order valence-electron chi connectivity index (χ1n) is 13.4. The van der Waals surface area contributed by atoms with Crippen molar-refractivity contribution < 1.29 is 49.6 Å². The summed E-state index contributed by atoms with van der Waals surface area (Å²) in [5, 5.41) is 58.7. The summed E-state index contributed by atoms with van der Waals surface area (Å²) in [6, 6.07) is 5.24. The summed E-state index contributed by atoms with van der Waals surface area (Å²) < 4.78 is 0. The van der Waals surface area contributed by atoms with Crippen molar-refractivity contribution in [2.75, 3.05) is 19.6 Å². The summed E-state index contributed by atoms with van der Waals surface area (Å²) in [5.41, 5.74) is 5.17. The normalized spacial score (nSPS) is 15.7. The second kappa shape index (κ2) is 15.1. The molecular weight excluding hydrogens is 582 g/mol. The van der Waals surface area contributed by atoms with Crippen LogP contribution in [0.4, 0.5) is 0 Å². The number of aromatic hydroxyl groups is 4. The third-order valence-corrected chi connectivity index (χ3v) is 6.49. The molecule has 1 saturated heterocycles. The number of rotatable bonds is 11. The molecule has 1 fully saturated rings. The van der Waals surface area contributed by atoms with Crippen LogP contribution in [0.25, 0.3) is 0 Å². The molecule has 1 heterocycles. The van der Waals surface area contributed by atoms with Gasteiger partial charge in [-0.3, -0.25) is 39.5 Å². The van der Waals surface area contributed by atoms with Gasteiger partial charge in [0, 0.05) is 13.1 Å². The standard InChI is InChI=1S/C27H33N7O10/c28-27(33-24(41)15-6-2-10-19(36)22(15)39)29-11-3-7-16(32-23(40)14-5-1-9-18(35)21(14)38)25(42)30-13-20(37)31-17-8-4-12-34(44)26(17)43/h1-2,5-6,9-10,16-17,35-36,38-39,44H,3-4,7-8,11-13H2,(H,30,42)(H,31,37)(H,32,40)(H3,28,29,33,41). The van der Waals surface area contributed by atoms with Crippen LogP contribution < -0.4 is 27.0 Å². The number of nitrogens with two attached hydrogens (primary N) is 1. The second-order valence-corrected chi connectivity index (χ2v) is 9.68. The molecule has 0 radical (unpaired) electrons. The number of amides is 5. The molecule has 0 bridgehead atoms. The van der Waals surface area contributed by atoms with Crippen LogP contribution in [0.5, 0.6) is 23.0 Å². The summed E-state index contributed by atoms with van der Waals surface area (Å²) in [4.78, 5) is 66.4. The number of hydrogen-bond acceptors (Lipinski definition) is 11. The fourth-order valence-electron chi connectivity index (χ4n) is 4.18. The third-order valence-electron chi connectivity index (χ3n) is 6.49. The zero-order valence-electron chi connectivity index (χ0n) is 23.3. The van der Waals surface area contributed by atoms with Gasteiger partial charge in [-0.1, -0.05) is 12.1 Å². The Balaban J connectivity index is 1.61. The van der Waals surface area contributed by atoms with Gasteiger partial charge in [-0.15, -0.1) is 0 Å². The van der Waals surface area contributed by atoms with Crippen LogP contribution in [0.1, 0.15) is 46.4 Å². The van der Waals surface area contributed by atoms with Gasteiger partial charge in [-0.05, 0) is 49.9 Å². The van der Waals surface area contributed by atoms with E-state index in [1.807, 2.05) is 0 Å². The molecule has 5 amide bonds. The Bertz CT molecular complexity index is 1450. The molecule has 2 unspecified atom stereocenters. The van der Waals surface area contributed by atoms with Crippen molar-refractivity contribution in [2.24, 2.45) is 10.7 Å². The van der Waals surface area contributed by atoms with Gasteiger partial charge in [-0.2, -0.15) is 0 Å². The van der Waals surface area contributed by atoms with Crippen LogP contribution in [-0.2, 0) is 14.4 Å². The number of guanidine groups is 1. The molecular formula is C27H33N7O10. The Morgan fingerprint density at radius 1 is 0.977 bits per heavy atom. The van der Waals surface area contributed by atoms with Crippen molar-refractivity contribution in [3.05, 3.63) is 47.5 Å². The lowest BCUT2D eigenvalue weighted by atomic mass is 10.1. The summed E-state index contributed by atoms with van der Waals surface area (Å²) in [6.07, 6.45) is 0.830. The van der Waals surface area contributed by atoms with E-state index in [-0.39, 0.29) is 43.0 Å². The monoisotopic (exact) mass is 615 g/mol. The highest BCUT2D eigenvalue weighted by molar-refractivity contribution is 6.07. The number of phenolic OH excluding ortho intramolecular Hbond substituents is 4. The van der Waals surface area contributed by atoms with E-state index in [9.17, 15) is 49.6 Å². The van der Waals surface area contributed by atoms with Crippen LogP contribution >= 0.6 is 0 Å². The van der Waals surface area contributed by atoms with Gasteiger partial charge in [0.2, 0.25) is 11.8 Å². The number of hydroxylamine groups is 2. The van der Waals surface area contributed by atoms with E-state index < -0.39 is 71.2 Å². The van der Waals surface area contributed by atoms with Crippen molar-refractivity contribution in [3.8, 4) is 23.0 Å². The Kier molecular flexibility index (Phi) is 11.3. The molecule has 17 heteroatoms. The van der Waals surface area contributed by atoms with Crippen molar-refractivity contribution in [1.82, 2.24) is 26.3 Å². The van der Waals surface area contributed by atoms with E-state index in [1.54, 1.807) is 0 Å². The molecule has 0 spiro atoms. The SMILES string of the molecule is NC(=NCCCC(NC(=O)c1cccc(O)c1O)C(=O)NCC(=O)NC1CCCN(O)C1=O)NC(=O)c1cccc(O)c1O. The Morgan fingerprint density at radius 2 is 1.59 bits per heavy atom. The highest BCUT2D eigenvalue weighted by atomic mass is 16.5. The number of nitrogens with zero attached hydrogens (tertiary/aromatic N) is 2. The lowest BCUT2D eigenvalue weighted by Gasteiger charge is -2.27. The summed E-state index contributed by atoms with van der Waals surface area (Å²) in [7, 11) is 0. The maximum absolute atomic E-state index is 13.0. The van der Waals surface area contributed by atoms with Crippen molar-refractivity contribution in [3.63, 3.8) is 0 Å². The number of piperidine rings is 1. The summed E-state index contributed by atoms with van der Waals surface area (Å²) in [6.45, 7) is -0.463. The minimum Gasteiger partial charge on any atom is -0.504 e. The topological polar surface area (TPSA) is 276 Å². The quantitative estimate of drug-likeness (QED) is 0.0468. The molecule has 236 valence electrons. The lowest BCUT2D eigenvalue weighted by Crippen LogP contribution is -2.54. The number of carbonyl (C=O) groups excluding carboxylic acids is 5. The molecule has 3 rings (SSSR count). The number of phenols is 4. The van der Waals surface area contributed by atoms with Gasteiger partial charge in [0.15, 0.2) is 29.0 Å². The summed E-state index contributed by atoms with van der Waals surface area (Å²) in [5.74, 6) is -6.67. The predicted octanol–water partition coefficient (Wildman–Crippen LogP) is -1.26.